The molecule has 0 aromatic carbocycles. The van der Waals surface area contributed by atoms with Crippen LogP contribution in [-0.4, -0.2) is 13.8 Å². The van der Waals surface area contributed by atoms with Crippen LogP contribution in [0.3, 0.4) is 0 Å². The monoisotopic (exact) mass is 295 g/mol. The van der Waals surface area contributed by atoms with Crippen LogP contribution in [0.2, 0.25) is 0 Å². The molecule has 0 saturated heterocycles. The topological polar surface area (TPSA) is 0 Å². The molecule has 0 aromatic heterocycles. The Morgan fingerprint density at radius 3 is 1.25 bits per heavy atom. The summed E-state index contributed by atoms with van der Waals surface area (Å²) in [7, 11) is 0. The van der Waals surface area contributed by atoms with Gasteiger partial charge in [-0.15, -0.1) is 0 Å². The first kappa shape index (κ1) is 16.4. The zero-order chi connectivity index (χ0) is 2.00. The molecule has 1 radical (unpaired) electrons. The Bertz CT molecular complexity index is 8.00. The molecule has 0 aliphatic carbocycles. The second-order valence-corrected chi connectivity index (χ2v) is 0. The second-order valence-electron chi connectivity index (χ2n) is 0. The molecule has 4 heteroatoms. The van der Waals surface area contributed by atoms with Gasteiger partial charge in [-0.3, -0.25) is 0 Å². The van der Waals surface area contributed by atoms with Gasteiger partial charge in [-0.1, -0.05) is 0 Å². The van der Waals surface area contributed by atoms with Gasteiger partial charge in [0.25, 0.3) is 0 Å². The normalized spacial score (nSPS) is 1.50. The van der Waals surface area contributed by atoms with E-state index < -0.39 is 0 Å². The molecule has 0 rings (SSSR count). The summed E-state index contributed by atoms with van der Waals surface area (Å²) < 4.78 is 0. The molecule has 0 aliphatic heterocycles. The number of hydrogen-bond donors (Lipinski definition) is 0. The minimum absolute atomic E-state index is 0. The van der Waals surface area contributed by atoms with Crippen molar-refractivity contribution < 1.29 is 51.0 Å². The summed E-state index contributed by atoms with van der Waals surface area (Å²) in [5.74, 6) is 0. The van der Waals surface area contributed by atoms with Crippen molar-refractivity contribution in [2.45, 2.75) is 0 Å². The maximum absolute atomic E-state index is 3.75. The van der Waals surface area contributed by atoms with Crippen LogP contribution in [0.5, 0.6) is 0 Å². The van der Waals surface area contributed by atoms with E-state index in [9.17, 15) is 0 Å². The Morgan fingerprint density at radius 1 is 1.25 bits per heavy atom. The summed E-state index contributed by atoms with van der Waals surface area (Å²) >= 11 is 6.00. The molecule has 0 spiro atoms. The molecule has 0 fully saturated rings. The van der Waals surface area contributed by atoms with Crippen LogP contribution in [0.4, 0.5) is 0 Å². The molecule has 0 N–H and O–H groups in total. The van der Waals surface area contributed by atoms with Crippen LogP contribution in [0, 0.1) is 0 Å². The van der Waals surface area contributed by atoms with E-state index in [1.165, 1.54) is 0 Å². The van der Waals surface area contributed by atoms with E-state index in [4.69, 9.17) is 0 Å². The van der Waals surface area contributed by atoms with Gasteiger partial charge in [0.1, 0.15) is 0 Å². The van der Waals surface area contributed by atoms with Gasteiger partial charge in [-0.05, 0) is 0 Å². The van der Waals surface area contributed by atoms with Gasteiger partial charge in [-0.2, -0.15) is 0 Å². The van der Waals surface area contributed by atoms with Crippen molar-refractivity contribution in [3.05, 3.63) is 0 Å². The van der Waals surface area contributed by atoms with E-state index in [0.29, 0.717) is 0 Å². The predicted octanol–water partition coefficient (Wildman–Crippen LogP) is -0.388. The summed E-state index contributed by atoms with van der Waals surface area (Å²) in [5.41, 5.74) is 0. The van der Waals surface area contributed by atoms with E-state index in [1.807, 2.05) is 0 Å². The third-order valence-electron chi connectivity index (χ3n) is 0. The molecular weight excluding hydrogens is 293 g/mol. The third kappa shape index (κ3) is 8.88. The van der Waals surface area contributed by atoms with Crippen molar-refractivity contribution in [3.63, 3.8) is 0 Å². The van der Waals surface area contributed by atoms with Crippen molar-refractivity contribution in [2.24, 2.45) is 0 Å². The Balaban J connectivity index is -0.00000000500. The van der Waals surface area contributed by atoms with Crippen molar-refractivity contribution in [1.29, 1.82) is 0 Å². The van der Waals surface area contributed by atoms with Gasteiger partial charge in [0.05, 0.1) is 0 Å². The summed E-state index contributed by atoms with van der Waals surface area (Å²) in [6, 6.07) is 0. The van der Waals surface area contributed by atoms with E-state index >= 15 is 0 Å². The second kappa shape index (κ2) is 18.9. The SMILES string of the molecule is [Co].[Mo].[Ni]=[Se]. The van der Waals surface area contributed by atoms with E-state index in [1.54, 1.807) is 0 Å². The van der Waals surface area contributed by atoms with Crippen LogP contribution in [0.1, 0.15) is 0 Å². The van der Waals surface area contributed by atoms with E-state index in [2.05, 4.69) is 26.9 Å². The fourth-order valence-electron chi connectivity index (χ4n) is 0. The van der Waals surface area contributed by atoms with Gasteiger partial charge < -0.3 is 0 Å². The van der Waals surface area contributed by atoms with Gasteiger partial charge >= 0.3 is 26.9 Å². The van der Waals surface area contributed by atoms with Crippen LogP contribution in [-0.2, 0) is 51.0 Å². The third-order valence-corrected chi connectivity index (χ3v) is 0. The number of rotatable bonds is 0. The average molecular weight is 293 g/mol. The van der Waals surface area contributed by atoms with Gasteiger partial charge in [0.2, 0.25) is 0 Å². The fraction of sp³-hybridized carbons (Fsp3) is 0. The van der Waals surface area contributed by atoms with E-state index in [0.717, 1.165) is 0 Å². The quantitative estimate of drug-likeness (QED) is 0.534. The molecule has 0 amide bonds. The average Bonchev–Trinajstić information content (AvgIpc) is 1.00. The van der Waals surface area contributed by atoms with Crippen LogP contribution >= 0.6 is 0 Å². The Hall–Kier alpha value is 2.21. The molecule has 4 heavy (non-hydrogen) atoms. The van der Waals surface area contributed by atoms with Crippen molar-refractivity contribution >= 4 is 13.8 Å². The van der Waals surface area contributed by atoms with Crippen molar-refractivity contribution in [1.82, 2.24) is 0 Å². The van der Waals surface area contributed by atoms with Crippen LogP contribution < -0.4 is 0 Å². The first-order valence-corrected chi connectivity index (χ1v) is 2.77. The zero-order valence-corrected chi connectivity index (χ0v) is 7.21. The fourth-order valence-corrected chi connectivity index (χ4v) is 0. The standard InChI is InChI=1S/Co.Mo.Ni.Se. The zero-order valence-electron chi connectivity index (χ0n) is 1.47. The summed E-state index contributed by atoms with van der Waals surface area (Å²) in [4.78, 5) is 0. The summed E-state index contributed by atoms with van der Waals surface area (Å²) in [5, 5.41) is 0. The molecule has 0 unspecified atom stereocenters. The van der Waals surface area contributed by atoms with Gasteiger partial charge in [0, 0.05) is 37.8 Å². The van der Waals surface area contributed by atoms with E-state index in [-0.39, 0.29) is 37.8 Å². The van der Waals surface area contributed by atoms with Crippen molar-refractivity contribution in [2.75, 3.05) is 0 Å². The Labute approximate surface area is 64.1 Å². The Morgan fingerprint density at radius 2 is 1.25 bits per heavy atom. The van der Waals surface area contributed by atoms with Crippen molar-refractivity contribution in [3.8, 4) is 0 Å². The summed E-state index contributed by atoms with van der Waals surface area (Å²) in [6.45, 7) is 0. The first-order valence-electron chi connectivity index (χ1n) is 0.129. The first-order chi connectivity index (χ1) is 1.00. The number of hydrogen-bond acceptors (Lipinski definition) is 0. The van der Waals surface area contributed by atoms with Crippen LogP contribution in [0.15, 0.2) is 0 Å². The predicted molar refractivity (Wildman–Crippen MR) is 5.75 cm³/mol. The molecule has 0 aliphatic rings. The molecule has 0 bridgehead atoms. The molecule has 0 aromatic rings. The van der Waals surface area contributed by atoms with Gasteiger partial charge in [0.15, 0.2) is 0 Å². The summed E-state index contributed by atoms with van der Waals surface area (Å²) in [6.07, 6.45) is 0. The molecular formula is CoMoNiSe. The molecule has 0 saturated carbocycles. The molecule has 0 heterocycles. The van der Waals surface area contributed by atoms with Gasteiger partial charge in [-0.25, -0.2) is 0 Å². The maximum atomic E-state index is 3.75. The molecule has 0 nitrogen and oxygen atoms in total. The van der Waals surface area contributed by atoms with Crippen LogP contribution in [0.25, 0.3) is 0 Å². The molecule has 0 atom stereocenters. The minimum atomic E-state index is 0. The Kier molecular flexibility index (Phi) is 77.4. The molecule has 31 valence electrons.